The van der Waals surface area contributed by atoms with Crippen LogP contribution < -0.4 is 10.6 Å². The van der Waals surface area contributed by atoms with Crippen LogP contribution in [-0.4, -0.2) is 30.1 Å². The molecule has 0 unspecified atom stereocenters. The van der Waals surface area contributed by atoms with Crippen LogP contribution in [0.15, 0.2) is 18.2 Å². The normalized spacial score (nSPS) is 9.94. The van der Waals surface area contributed by atoms with Crippen LogP contribution in [0.5, 0.6) is 0 Å². The molecule has 1 aromatic carbocycles. The third-order valence-electron chi connectivity index (χ3n) is 2.20. The topological polar surface area (TPSA) is 78.4 Å². The molecular weight excluding hydrogens is 239 g/mol. The zero-order chi connectivity index (χ0) is 13.5. The maximum absolute atomic E-state index is 13.4. The summed E-state index contributed by atoms with van der Waals surface area (Å²) in [6.45, 7) is 1.84. The quantitative estimate of drug-likeness (QED) is 0.543. The van der Waals surface area contributed by atoms with Gasteiger partial charge in [0.2, 0.25) is 0 Å². The van der Waals surface area contributed by atoms with E-state index < -0.39 is 17.6 Å². The van der Waals surface area contributed by atoms with Gasteiger partial charge in [-0.15, -0.1) is 0 Å². The van der Waals surface area contributed by atoms with Crippen LogP contribution in [0.3, 0.4) is 0 Å². The number of carbonyl (C=O) groups is 2. The summed E-state index contributed by atoms with van der Waals surface area (Å²) in [5.41, 5.74) is 0.681. The van der Waals surface area contributed by atoms with Crippen molar-refractivity contribution in [2.24, 2.45) is 0 Å². The van der Waals surface area contributed by atoms with Gasteiger partial charge in [0, 0.05) is 13.2 Å². The van der Waals surface area contributed by atoms with Crippen LogP contribution in [0, 0.1) is 12.7 Å². The lowest BCUT2D eigenvalue weighted by atomic mass is 10.2. The predicted octanol–water partition coefficient (Wildman–Crippen LogP) is 0.571. The first-order chi connectivity index (χ1) is 8.54. The smallest absolute Gasteiger partial charge is 0.313 e. The zero-order valence-electron chi connectivity index (χ0n) is 10.00. The van der Waals surface area contributed by atoms with Crippen LogP contribution in [0.25, 0.3) is 0 Å². The standard InChI is InChI=1S/C12H15FN2O3/c1-8-3-4-10(9(13)7-8)15-12(18)11(17)14-5-2-6-16/h3-4,7,16H,2,5-6H2,1H3,(H,14,17)(H,15,18). The molecule has 98 valence electrons. The molecule has 0 aliphatic heterocycles. The van der Waals surface area contributed by atoms with E-state index in [0.717, 1.165) is 5.56 Å². The van der Waals surface area contributed by atoms with Crippen molar-refractivity contribution in [1.29, 1.82) is 0 Å². The number of rotatable bonds is 4. The highest BCUT2D eigenvalue weighted by molar-refractivity contribution is 6.39. The third kappa shape index (κ3) is 4.14. The van der Waals surface area contributed by atoms with Crippen LogP contribution in [0.4, 0.5) is 10.1 Å². The van der Waals surface area contributed by atoms with E-state index >= 15 is 0 Å². The Labute approximate surface area is 104 Å². The number of aryl methyl sites for hydroxylation is 1. The van der Waals surface area contributed by atoms with E-state index in [0.29, 0.717) is 6.42 Å². The van der Waals surface area contributed by atoms with Crippen LogP contribution in [-0.2, 0) is 9.59 Å². The highest BCUT2D eigenvalue weighted by Crippen LogP contribution is 2.14. The highest BCUT2D eigenvalue weighted by atomic mass is 19.1. The molecule has 0 atom stereocenters. The van der Waals surface area contributed by atoms with Gasteiger partial charge >= 0.3 is 11.8 Å². The van der Waals surface area contributed by atoms with Crippen molar-refractivity contribution in [1.82, 2.24) is 5.32 Å². The number of nitrogens with one attached hydrogen (secondary N) is 2. The molecule has 0 radical (unpaired) electrons. The lowest BCUT2D eigenvalue weighted by Crippen LogP contribution is -2.36. The second-order valence-electron chi connectivity index (χ2n) is 3.77. The molecule has 6 heteroatoms. The zero-order valence-corrected chi connectivity index (χ0v) is 10.00. The van der Waals surface area contributed by atoms with E-state index in [1.807, 2.05) is 0 Å². The summed E-state index contributed by atoms with van der Waals surface area (Å²) < 4.78 is 13.4. The molecule has 0 saturated carbocycles. The first kappa shape index (κ1) is 14.1. The molecule has 3 N–H and O–H groups in total. The lowest BCUT2D eigenvalue weighted by Gasteiger charge is -2.07. The van der Waals surface area contributed by atoms with Crippen LogP contribution >= 0.6 is 0 Å². The SMILES string of the molecule is Cc1ccc(NC(=O)C(=O)NCCCO)c(F)c1. The fraction of sp³-hybridized carbons (Fsp3) is 0.333. The van der Waals surface area contributed by atoms with Crippen molar-refractivity contribution in [2.75, 3.05) is 18.5 Å². The van der Waals surface area contributed by atoms with Gasteiger partial charge in [-0.05, 0) is 31.0 Å². The average molecular weight is 254 g/mol. The first-order valence-corrected chi connectivity index (χ1v) is 5.51. The van der Waals surface area contributed by atoms with Gasteiger partial charge in [0.1, 0.15) is 5.82 Å². The molecule has 0 aliphatic carbocycles. The van der Waals surface area contributed by atoms with Crippen molar-refractivity contribution < 1.29 is 19.1 Å². The van der Waals surface area contributed by atoms with E-state index in [9.17, 15) is 14.0 Å². The molecule has 0 bridgehead atoms. The Balaban J connectivity index is 2.56. The Morgan fingerprint density at radius 2 is 2.06 bits per heavy atom. The number of benzene rings is 1. The van der Waals surface area contributed by atoms with E-state index in [1.54, 1.807) is 13.0 Å². The van der Waals surface area contributed by atoms with Crippen molar-refractivity contribution in [3.8, 4) is 0 Å². The van der Waals surface area contributed by atoms with Crippen molar-refractivity contribution >= 4 is 17.5 Å². The minimum absolute atomic E-state index is 0.0390. The Morgan fingerprint density at radius 3 is 2.67 bits per heavy atom. The largest absolute Gasteiger partial charge is 0.396 e. The van der Waals surface area contributed by atoms with Crippen molar-refractivity contribution in [3.05, 3.63) is 29.6 Å². The minimum atomic E-state index is -0.935. The summed E-state index contributed by atoms with van der Waals surface area (Å²) in [6.07, 6.45) is 0.359. The molecule has 18 heavy (non-hydrogen) atoms. The van der Waals surface area contributed by atoms with E-state index in [1.165, 1.54) is 12.1 Å². The Bertz CT molecular complexity index is 449. The number of anilines is 1. The van der Waals surface area contributed by atoms with E-state index in [-0.39, 0.29) is 18.8 Å². The van der Waals surface area contributed by atoms with Crippen molar-refractivity contribution in [3.63, 3.8) is 0 Å². The third-order valence-corrected chi connectivity index (χ3v) is 2.20. The average Bonchev–Trinajstić information content (AvgIpc) is 2.32. The Morgan fingerprint density at radius 1 is 1.33 bits per heavy atom. The summed E-state index contributed by atoms with van der Waals surface area (Å²) in [4.78, 5) is 22.7. The summed E-state index contributed by atoms with van der Waals surface area (Å²) in [6, 6.07) is 4.28. The number of hydrogen-bond acceptors (Lipinski definition) is 3. The number of aliphatic hydroxyl groups excluding tert-OH is 1. The fourth-order valence-electron chi connectivity index (χ4n) is 1.26. The fourth-order valence-corrected chi connectivity index (χ4v) is 1.26. The summed E-state index contributed by atoms with van der Waals surface area (Å²) >= 11 is 0. The van der Waals surface area contributed by atoms with E-state index in [2.05, 4.69) is 10.6 Å². The monoisotopic (exact) mass is 254 g/mol. The highest BCUT2D eigenvalue weighted by Gasteiger charge is 2.14. The maximum Gasteiger partial charge on any atom is 0.313 e. The molecule has 0 aromatic heterocycles. The lowest BCUT2D eigenvalue weighted by molar-refractivity contribution is -0.136. The molecule has 1 rings (SSSR count). The molecule has 5 nitrogen and oxygen atoms in total. The Kier molecular flexibility index (Phi) is 5.26. The summed E-state index contributed by atoms with van der Waals surface area (Å²) in [5, 5.41) is 13.0. The second kappa shape index (κ2) is 6.70. The predicted molar refractivity (Wildman–Crippen MR) is 64.5 cm³/mol. The van der Waals surface area contributed by atoms with Gasteiger partial charge in [-0.25, -0.2) is 4.39 Å². The molecule has 1 aromatic rings. The molecule has 0 fully saturated rings. The van der Waals surface area contributed by atoms with Gasteiger partial charge in [-0.3, -0.25) is 9.59 Å². The first-order valence-electron chi connectivity index (χ1n) is 5.51. The Hall–Kier alpha value is -1.95. The van der Waals surface area contributed by atoms with Crippen LogP contribution in [0.1, 0.15) is 12.0 Å². The number of halogens is 1. The summed E-state index contributed by atoms with van der Waals surface area (Å²) in [7, 11) is 0. The van der Waals surface area contributed by atoms with Gasteiger partial charge in [-0.2, -0.15) is 0 Å². The molecule has 0 aliphatic rings. The van der Waals surface area contributed by atoms with Crippen molar-refractivity contribution in [2.45, 2.75) is 13.3 Å². The van der Waals surface area contributed by atoms with E-state index in [4.69, 9.17) is 5.11 Å². The molecule has 0 heterocycles. The van der Waals surface area contributed by atoms with Gasteiger partial charge in [0.05, 0.1) is 5.69 Å². The number of hydrogen-bond donors (Lipinski definition) is 3. The van der Waals surface area contributed by atoms with Gasteiger partial charge in [0.25, 0.3) is 0 Å². The van der Waals surface area contributed by atoms with Crippen LogP contribution in [0.2, 0.25) is 0 Å². The summed E-state index contributed by atoms with van der Waals surface area (Å²) in [5.74, 6) is -2.38. The minimum Gasteiger partial charge on any atom is -0.396 e. The molecule has 2 amide bonds. The molecule has 0 spiro atoms. The number of amides is 2. The van der Waals surface area contributed by atoms with Gasteiger partial charge in [-0.1, -0.05) is 6.07 Å². The van der Waals surface area contributed by atoms with Gasteiger partial charge in [0.15, 0.2) is 0 Å². The molecular formula is C12H15FN2O3. The van der Waals surface area contributed by atoms with Gasteiger partial charge < -0.3 is 15.7 Å². The number of aliphatic hydroxyl groups is 1. The molecule has 0 saturated heterocycles. The second-order valence-corrected chi connectivity index (χ2v) is 3.77. The maximum atomic E-state index is 13.4. The number of carbonyl (C=O) groups excluding carboxylic acids is 2.